The van der Waals surface area contributed by atoms with E-state index in [0.717, 1.165) is 0 Å². The van der Waals surface area contributed by atoms with Gasteiger partial charge < -0.3 is 0 Å². The van der Waals surface area contributed by atoms with Crippen LogP contribution in [-0.2, 0) is 0 Å². The van der Waals surface area contributed by atoms with Gasteiger partial charge in [0, 0.05) is 0 Å². The normalized spacial score (nSPS) is 15.2. The summed E-state index contributed by atoms with van der Waals surface area (Å²) in [4.78, 5) is 0. The molecule has 0 aromatic rings. The van der Waals surface area contributed by atoms with Gasteiger partial charge in [-0.25, -0.2) is 0 Å². The van der Waals surface area contributed by atoms with Gasteiger partial charge in [-0.15, -0.1) is 0 Å². The second-order valence-corrected chi connectivity index (χ2v) is 19.6. The van der Waals surface area contributed by atoms with Crippen LogP contribution in [0.2, 0.25) is 0 Å². The molecular formula is C3H8I2P-. The number of alkyl halides is 1. The van der Waals surface area contributed by atoms with Gasteiger partial charge in [-0.2, -0.15) is 0 Å². The van der Waals surface area contributed by atoms with Crippen molar-refractivity contribution in [3.63, 3.8) is 0 Å². The van der Waals surface area contributed by atoms with Gasteiger partial charge >= 0.3 is 63.9 Å². The molecule has 0 fully saturated rings. The quantitative estimate of drug-likeness (QED) is 0.363. The summed E-state index contributed by atoms with van der Waals surface area (Å²) >= 11 is 3.18. The summed E-state index contributed by atoms with van der Waals surface area (Å²) in [6.45, 7) is 4.64. The molecule has 0 aromatic heterocycles. The van der Waals surface area contributed by atoms with Crippen LogP contribution >= 0.6 is 25.2 Å². The Morgan fingerprint density at radius 2 is 2.33 bits per heavy atom. The number of hydrogen-bond acceptors (Lipinski definition) is 0. The molecule has 0 bridgehead atoms. The summed E-state index contributed by atoms with van der Waals surface area (Å²) in [6, 6.07) is 0. The van der Waals surface area contributed by atoms with Crippen LogP contribution < -0.4 is 20.7 Å². The average Bonchev–Trinajstić information content (AvgIpc) is 1.35. The second kappa shape index (κ2) is 5.04. The van der Waals surface area contributed by atoms with Crippen molar-refractivity contribution in [2.24, 2.45) is 0 Å². The summed E-state index contributed by atoms with van der Waals surface area (Å²) in [5, 5.41) is 0. The summed E-state index contributed by atoms with van der Waals surface area (Å²) in [5.74, 6) is 0. The zero-order valence-corrected chi connectivity index (χ0v) is 9.12. The van der Waals surface area contributed by atoms with Gasteiger partial charge in [-0.05, 0) is 0 Å². The van der Waals surface area contributed by atoms with Crippen molar-refractivity contribution in [3.05, 3.63) is 0 Å². The minimum absolute atomic E-state index is 0.479. The Morgan fingerprint density at radius 3 is 2.33 bits per heavy atom. The zero-order chi connectivity index (χ0) is 4.99. The van der Waals surface area contributed by atoms with Crippen LogP contribution in [-0.4, -0.2) is 11.1 Å². The van der Waals surface area contributed by atoms with Crippen molar-refractivity contribution in [2.45, 2.75) is 6.92 Å². The van der Waals surface area contributed by atoms with Gasteiger partial charge in [0.2, 0.25) is 0 Å². The zero-order valence-electron chi connectivity index (χ0n) is 3.91. The van der Waals surface area contributed by atoms with Crippen LogP contribution in [0.1, 0.15) is 6.92 Å². The van der Waals surface area contributed by atoms with E-state index >= 15 is 0 Å². The molecule has 0 aliphatic carbocycles. The van der Waals surface area contributed by atoms with Crippen molar-refractivity contribution in [3.8, 4) is 0 Å². The van der Waals surface area contributed by atoms with E-state index in [1.54, 1.807) is 0 Å². The van der Waals surface area contributed by atoms with Gasteiger partial charge in [0.15, 0.2) is 0 Å². The predicted molar refractivity (Wildman–Crippen MR) is 37.4 cm³/mol. The SMILES string of the molecule is CC[I-]P(C)I. The molecule has 0 saturated heterocycles. The van der Waals surface area contributed by atoms with E-state index in [1.807, 2.05) is 0 Å². The minimum atomic E-state index is 0.479. The predicted octanol–water partition coefficient (Wildman–Crippen LogP) is -0.528. The summed E-state index contributed by atoms with van der Waals surface area (Å²) in [7, 11) is 0. The molecule has 0 rings (SSSR count). The van der Waals surface area contributed by atoms with E-state index < -0.39 is 0 Å². The van der Waals surface area contributed by atoms with Crippen molar-refractivity contribution in [2.75, 3.05) is 11.1 Å². The first-order valence-electron chi connectivity index (χ1n) is 1.76. The van der Waals surface area contributed by atoms with E-state index in [0.29, 0.717) is 23.9 Å². The van der Waals surface area contributed by atoms with E-state index in [9.17, 15) is 0 Å². The molecular weight excluding hydrogens is 321 g/mol. The molecule has 0 aliphatic heterocycles. The molecule has 1 unspecified atom stereocenters. The first-order chi connectivity index (χ1) is 2.77. The molecule has 0 spiro atoms. The van der Waals surface area contributed by atoms with Crippen LogP contribution in [0.3, 0.4) is 0 Å². The second-order valence-electron chi connectivity index (χ2n) is 0.789. The van der Waals surface area contributed by atoms with Gasteiger partial charge in [-0.3, -0.25) is 0 Å². The van der Waals surface area contributed by atoms with E-state index in [4.69, 9.17) is 0 Å². The molecule has 0 aromatic carbocycles. The Hall–Kier alpha value is 1.89. The first-order valence-corrected chi connectivity index (χ1v) is 10.6. The molecule has 0 amide bonds. The molecule has 0 radical (unpaired) electrons. The molecule has 1 atom stereocenters. The van der Waals surface area contributed by atoms with Gasteiger partial charge in [-0.1, -0.05) is 0 Å². The summed E-state index contributed by atoms with van der Waals surface area (Å²) < 4.78 is 1.94. The Morgan fingerprint density at radius 1 is 1.83 bits per heavy atom. The van der Waals surface area contributed by atoms with Gasteiger partial charge in [0.05, 0.1) is 0 Å². The molecule has 3 heteroatoms. The van der Waals surface area contributed by atoms with Crippen LogP contribution in [0.5, 0.6) is 0 Å². The summed E-state index contributed by atoms with van der Waals surface area (Å²) in [6.07, 6.45) is 0. The van der Waals surface area contributed by atoms with Crippen molar-refractivity contribution < 1.29 is 20.7 Å². The third kappa shape index (κ3) is 5.89. The number of hydrogen-bond donors (Lipinski definition) is 0. The third-order valence-electron chi connectivity index (χ3n) is 0.284. The van der Waals surface area contributed by atoms with Crippen molar-refractivity contribution in [1.29, 1.82) is 0 Å². The fraction of sp³-hybridized carbons (Fsp3) is 1.00. The molecule has 0 N–H and O–H groups in total. The van der Waals surface area contributed by atoms with Crippen LogP contribution in [0.15, 0.2) is 0 Å². The van der Waals surface area contributed by atoms with Crippen LogP contribution in [0.25, 0.3) is 0 Å². The van der Waals surface area contributed by atoms with Crippen LogP contribution in [0.4, 0.5) is 0 Å². The molecule has 0 aliphatic rings. The van der Waals surface area contributed by atoms with Crippen molar-refractivity contribution in [1.82, 2.24) is 0 Å². The van der Waals surface area contributed by atoms with Gasteiger partial charge in [0.25, 0.3) is 0 Å². The molecule has 0 nitrogen and oxygen atoms in total. The van der Waals surface area contributed by atoms with E-state index in [-0.39, 0.29) is 0 Å². The third-order valence-corrected chi connectivity index (χ3v) is 10.9. The average molecular weight is 329 g/mol. The van der Waals surface area contributed by atoms with Crippen LogP contribution in [0, 0.1) is 0 Å². The molecule has 0 heterocycles. The summed E-state index contributed by atoms with van der Waals surface area (Å²) in [5.41, 5.74) is 0. The Labute approximate surface area is 63.3 Å². The van der Waals surface area contributed by atoms with E-state index in [2.05, 4.69) is 35.6 Å². The fourth-order valence-corrected chi connectivity index (χ4v) is 8.50. The Bertz CT molecular complexity index is 30.0. The Kier molecular flexibility index (Phi) is 6.62. The van der Waals surface area contributed by atoms with E-state index in [1.165, 1.54) is 4.43 Å². The first kappa shape index (κ1) is 7.89. The maximum absolute atomic E-state index is 2.56. The standard InChI is InChI=1S/C3H8I2P/c1-3-5-6(2)4/h3H2,1-2H3/q-1. The topological polar surface area (TPSA) is 0 Å². The van der Waals surface area contributed by atoms with Gasteiger partial charge in [0.1, 0.15) is 0 Å². The monoisotopic (exact) mass is 329 g/mol. The number of halogens is 2. The fourth-order valence-electron chi connectivity index (χ4n) is 0.165. The molecule has 40 valence electrons. The molecule has 0 saturated carbocycles. The maximum atomic E-state index is 2.56. The van der Waals surface area contributed by atoms with Crippen molar-refractivity contribution >= 4 is 25.2 Å². The number of rotatable bonds is 2. The Balaban J connectivity index is 2.63. The molecule has 6 heavy (non-hydrogen) atoms.